The minimum absolute atomic E-state index is 0.195. The van der Waals surface area contributed by atoms with Crippen LogP contribution in [0.25, 0.3) is 0 Å². The Labute approximate surface area is 120 Å². The molecule has 98 valence electrons. The molecule has 1 atom stereocenters. The van der Waals surface area contributed by atoms with Gasteiger partial charge < -0.3 is 9.64 Å². The van der Waals surface area contributed by atoms with Gasteiger partial charge in [0.05, 0.1) is 3.39 Å². The van der Waals surface area contributed by atoms with Crippen LogP contribution in [0.1, 0.15) is 40.0 Å². The molecule has 0 N–H and O–H groups in total. The van der Waals surface area contributed by atoms with E-state index >= 15 is 0 Å². The van der Waals surface area contributed by atoms with Crippen molar-refractivity contribution in [3.63, 3.8) is 0 Å². The highest BCUT2D eigenvalue weighted by molar-refractivity contribution is 9.28. The van der Waals surface area contributed by atoms with E-state index in [0.29, 0.717) is 0 Å². The zero-order chi connectivity index (χ0) is 13.1. The van der Waals surface area contributed by atoms with E-state index in [9.17, 15) is 4.79 Å². The molecule has 0 aromatic carbocycles. The molecule has 1 aliphatic rings. The lowest BCUT2D eigenvalue weighted by atomic mass is 10.1. The second kappa shape index (κ2) is 6.23. The van der Waals surface area contributed by atoms with Gasteiger partial charge in [-0.2, -0.15) is 0 Å². The maximum Gasteiger partial charge on any atom is 0.410 e. The van der Waals surface area contributed by atoms with Crippen molar-refractivity contribution in [2.24, 2.45) is 0 Å². The Balaban J connectivity index is 2.57. The fourth-order valence-corrected chi connectivity index (χ4v) is 2.24. The van der Waals surface area contributed by atoms with Crippen molar-refractivity contribution in [3.8, 4) is 0 Å². The van der Waals surface area contributed by atoms with Crippen LogP contribution in [0.15, 0.2) is 9.47 Å². The van der Waals surface area contributed by atoms with Crippen LogP contribution in [0, 0.1) is 0 Å². The van der Waals surface area contributed by atoms with Crippen LogP contribution in [0.4, 0.5) is 4.79 Å². The van der Waals surface area contributed by atoms with Crippen LogP contribution in [0.5, 0.6) is 0 Å². The summed E-state index contributed by atoms with van der Waals surface area (Å²) in [5, 5.41) is 0. The van der Waals surface area contributed by atoms with Crippen LogP contribution >= 0.6 is 31.9 Å². The fraction of sp³-hybridized carbons (Fsp3) is 0.750. The first-order valence-electron chi connectivity index (χ1n) is 5.80. The van der Waals surface area contributed by atoms with Gasteiger partial charge in [-0.1, -0.05) is 6.08 Å². The molecule has 1 saturated heterocycles. The summed E-state index contributed by atoms with van der Waals surface area (Å²) >= 11 is 6.66. The van der Waals surface area contributed by atoms with E-state index in [0.717, 1.165) is 29.2 Å². The smallest absolute Gasteiger partial charge is 0.410 e. The number of rotatable bonds is 2. The lowest BCUT2D eigenvalue weighted by molar-refractivity contribution is 0.0228. The predicted octanol–water partition coefficient (Wildman–Crippen LogP) is 4.41. The van der Waals surface area contributed by atoms with Crippen LogP contribution in [0.3, 0.4) is 0 Å². The number of halogens is 2. The Morgan fingerprint density at radius 2 is 2.12 bits per heavy atom. The first kappa shape index (κ1) is 15.0. The summed E-state index contributed by atoms with van der Waals surface area (Å²) in [5.74, 6) is 0. The zero-order valence-corrected chi connectivity index (χ0v) is 13.7. The summed E-state index contributed by atoms with van der Waals surface area (Å²) < 4.78 is 6.33. The quantitative estimate of drug-likeness (QED) is 0.722. The normalized spacial score (nSPS) is 20.3. The highest BCUT2D eigenvalue weighted by Crippen LogP contribution is 2.25. The van der Waals surface area contributed by atoms with Crippen LogP contribution in [-0.4, -0.2) is 29.2 Å². The summed E-state index contributed by atoms with van der Waals surface area (Å²) in [6.07, 6.45) is 4.79. The average Bonchev–Trinajstić information content (AvgIpc) is 2.59. The standard InChI is InChI=1S/C12H19Br2NO2/c1-12(2,3)17-11(16)15-8-4-5-9(15)6-7-10(13)14/h7,9H,4-6,8H2,1-3H3. The topological polar surface area (TPSA) is 29.5 Å². The number of likely N-dealkylation sites (tertiary alicyclic amines) is 1. The summed E-state index contributed by atoms with van der Waals surface area (Å²) in [6.45, 7) is 6.48. The molecule has 0 saturated carbocycles. The third-order valence-corrected chi connectivity index (χ3v) is 3.20. The van der Waals surface area contributed by atoms with Crippen molar-refractivity contribution in [3.05, 3.63) is 9.47 Å². The van der Waals surface area contributed by atoms with Crippen LogP contribution in [0.2, 0.25) is 0 Å². The van der Waals surface area contributed by atoms with Gasteiger partial charge in [0.25, 0.3) is 0 Å². The van der Waals surface area contributed by atoms with Gasteiger partial charge >= 0.3 is 6.09 Å². The molecule has 3 nitrogen and oxygen atoms in total. The molecule has 1 unspecified atom stereocenters. The Hall–Kier alpha value is -0.0300. The van der Waals surface area contributed by atoms with Gasteiger partial charge in [-0.15, -0.1) is 0 Å². The van der Waals surface area contributed by atoms with Gasteiger partial charge in [-0.3, -0.25) is 0 Å². The molecule has 0 bridgehead atoms. The summed E-state index contributed by atoms with van der Waals surface area (Å²) in [6, 6.07) is 0.259. The predicted molar refractivity (Wildman–Crippen MR) is 76.5 cm³/mol. The molecule has 1 fully saturated rings. The summed E-state index contributed by atoms with van der Waals surface area (Å²) in [5.41, 5.74) is -0.421. The van der Waals surface area contributed by atoms with Crippen LogP contribution < -0.4 is 0 Å². The second-order valence-electron chi connectivity index (χ2n) is 5.20. The number of hydrogen-bond acceptors (Lipinski definition) is 2. The van der Waals surface area contributed by atoms with Gasteiger partial charge in [0.1, 0.15) is 5.60 Å². The number of hydrogen-bond donors (Lipinski definition) is 0. The lowest BCUT2D eigenvalue weighted by Crippen LogP contribution is -2.39. The summed E-state index contributed by atoms with van der Waals surface area (Å²) in [4.78, 5) is 13.8. The van der Waals surface area contributed by atoms with Crippen molar-refractivity contribution in [1.82, 2.24) is 4.90 Å². The van der Waals surface area contributed by atoms with E-state index in [-0.39, 0.29) is 12.1 Å². The molecule has 1 rings (SSSR count). The molecule has 0 aromatic heterocycles. The van der Waals surface area contributed by atoms with Gasteiger partial charge in [-0.25, -0.2) is 4.79 Å². The fourth-order valence-electron chi connectivity index (χ4n) is 1.87. The van der Waals surface area contributed by atoms with Crippen molar-refractivity contribution in [2.45, 2.75) is 51.7 Å². The largest absolute Gasteiger partial charge is 0.444 e. The van der Waals surface area contributed by atoms with E-state index < -0.39 is 5.60 Å². The first-order chi connectivity index (χ1) is 7.79. The SMILES string of the molecule is CC(C)(C)OC(=O)N1CCCC1CC=C(Br)Br. The molecule has 1 aliphatic heterocycles. The van der Waals surface area contributed by atoms with Crippen molar-refractivity contribution in [1.29, 1.82) is 0 Å². The highest BCUT2D eigenvalue weighted by atomic mass is 79.9. The number of nitrogens with zero attached hydrogens (tertiary/aromatic N) is 1. The Morgan fingerprint density at radius 1 is 1.47 bits per heavy atom. The number of carbonyl (C=O) groups excluding carboxylic acids is 1. The van der Waals surface area contributed by atoms with E-state index in [1.54, 1.807) is 0 Å². The lowest BCUT2D eigenvalue weighted by Gasteiger charge is -2.28. The Morgan fingerprint density at radius 3 is 2.65 bits per heavy atom. The molecule has 17 heavy (non-hydrogen) atoms. The number of ether oxygens (including phenoxy) is 1. The monoisotopic (exact) mass is 367 g/mol. The third-order valence-electron chi connectivity index (χ3n) is 2.55. The van der Waals surface area contributed by atoms with E-state index in [4.69, 9.17) is 4.74 Å². The van der Waals surface area contributed by atoms with Crippen molar-refractivity contribution < 1.29 is 9.53 Å². The van der Waals surface area contributed by atoms with Crippen molar-refractivity contribution in [2.75, 3.05) is 6.54 Å². The molecule has 0 aliphatic carbocycles. The van der Waals surface area contributed by atoms with Gasteiger partial charge in [0.15, 0.2) is 0 Å². The third kappa shape index (κ3) is 5.42. The number of amides is 1. The van der Waals surface area contributed by atoms with Gasteiger partial charge in [-0.05, 0) is 71.9 Å². The van der Waals surface area contributed by atoms with E-state index in [1.165, 1.54) is 0 Å². The molecular formula is C12H19Br2NO2. The average molecular weight is 369 g/mol. The maximum absolute atomic E-state index is 12.0. The summed E-state index contributed by atoms with van der Waals surface area (Å²) in [7, 11) is 0. The number of carbonyl (C=O) groups is 1. The van der Waals surface area contributed by atoms with E-state index in [2.05, 4.69) is 31.9 Å². The second-order valence-corrected chi connectivity index (χ2v) is 7.97. The Bertz CT molecular complexity index is 306. The minimum atomic E-state index is -0.421. The zero-order valence-electron chi connectivity index (χ0n) is 10.5. The minimum Gasteiger partial charge on any atom is -0.444 e. The molecule has 0 spiro atoms. The van der Waals surface area contributed by atoms with Crippen LogP contribution in [-0.2, 0) is 4.74 Å². The maximum atomic E-state index is 12.0. The molecular weight excluding hydrogens is 350 g/mol. The molecule has 5 heteroatoms. The highest BCUT2D eigenvalue weighted by Gasteiger charge is 2.31. The van der Waals surface area contributed by atoms with Gasteiger partial charge in [0, 0.05) is 12.6 Å². The molecule has 1 amide bonds. The molecule has 0 radical (unpaired) electrons. The van der Waals surface area contributed by atoms with Gasteiger partial charge in [0.2, 0.25) is 0 Å². The molecule has 0 aromatic rings. The molecule has 1 heterocycles. The van der Waals surface area contributed by atoms with E-state index in [1.807, 2.05) is 31.7 Å². The first-order valence-corrected chi connectivity index (χ1v) is 7.39. The van der Waals surface area contributed by atoms with Crippen molar-refractivity contribution >= 4 is 38.0 Å². The Kier molecular flexibility index (Phi) is 5.51.